The predicted octanol–water partition coefficient (Wildman–Crippen LogP) is 5.88. The summed E-state index contributed by atoms with van der Waals surface area (Å²) < 4.78 is 5.70. The highest BCUT2D eigenvalue weighted by Gasteiger charge is 2.29. The lowest BCUT2D eigenvalue weighted by atomic mass is 9.92. The topological polar surface area (TPSA) is 121 Å². The molecule has 2 aromatic carbocycles. The molecule has 0 unspecified atom stereocenters. The summed E-state index contributed by atoms with van der Waals surface area (Å²) in [6, 6.07) is 16.9. The average Bonchev–Trinajstić information content (AvgIpc) is 3.08. The Bertz CT molecular complexity index is 1740. The lowest BCUT2D eigenvalue weighted by Crippen LogP contribution is -2.48. The number of ether oxygens (including phenoxy) is 1. The number of esters is 1. The van der Waals surface area contributed by atoms with Crippen LogP contribution in [-0.2, 0) is 22.4 Å². The van der Waals surface area contributed by atoms with E-state index in [1.54, 1.807) is 12.4 Å². The normalized spacial score (nSPS) is 15.8. The van der Waals surface area contributed by atoms with E-state index >= 15 is 0 Å². The standard InChI is InChI=1S/C37H45N7O3/c1-5-29-33(40-23-41-34(29)44-19-16-25(17-20-44)30-15-14-26-11-8-18-38-32(26)42-30)39-22-31(36(46)47-37(2,3)4)43-35(45)28-13-12-24-9-6-7-10-27(24)21-28/h6-7,9-10,12-15,21,23,25,31H,5,8,11,16-20,22H2,1-4H3,(H,38,42)(H,43,45)(H,39,40,41)/t31-/m0/s1. The van der Waals surface area contributed by atoms with Crippen LogP contribution >= 0.6 is 0 Å². The van der Waals surface area contributed by atoms with Crippen molar-refractivity contribution in [2.75, 3.05) is 41.7 Å². The predicted molar refractivity (Wildman–Crippen MR) is 186 cm³/mol. The van der Waals surface area contributed by atoms with Gasteiger partial charge in [-0.25, -0.2) is 19.7 Å². The number of carbonyl (C=O) groups is 2. The first-order valence-electron chi connectivity index (χ1n) is 16.8. The number of aryl methyl sites for hydroxylation is 1. The molecule has 47 heavy (non-hydrogen) atoms. The number of hydrogen-bond donors (Lipinski definition) is 3. The number of fused-ring (bicyclic) bond motifs is 2. The number of amides is 1. The number of carbonyl (C=O) groups excluding carboxylic acids is 2. The number of pyridine rings is 1. The van der Waals surface area contributed by atoms with Gasteiger partial charge in [0, 0.05) is 48.9 Å². The third-order valence-corrected chi connectivity index (χ3v) is 8.89. The zero-order chi connectivity index (χ0) is 33.0. The van der Waals surface area contributed by atoms with Gasteiger partial charge in [0.15, 0.2) is 0 Å². The second-order valence-corrected chi connectivity index (χ2v) is 13.4. The fourth-order valence-corrected chi connectivity index (χ4v) is 6.45. The summed E-state index contributed by atoms with van der Waals surface area (Å²) in [6.07, 6.45) is 6.50. The molecule has 1 fully saturated rings. The van der Waals surface area contributed by atoms with Crippen molar-refractivity contribution in [3.63, 3.8) is 0 Å². The Morgan fingerprint density at radius 2 is 1.83 bits per heavy atom. The van der Waals surface area contributed by atoms with Gasteiger partial charge in [-0.15, -0.1) is 0 Å². The molecule has 1 amide bonds. The Hall–Kier alpha value is -4.73. The Kier molecular flexibility index (Phi) is 9.56. The molecule has 4 aromatic rings. The fourth-order valence-electron chi connectivity index (χ4n) is 6.45. The number of aromatic nitrogens is 3. The Morgan fingerprint density at radius 3 is 2.60 bits per heavy atom. The summed E-state index contributed by atoms with van der Waals surface area (Å²) >= 11 is 0. The summed E-state index contributed by atoms with van der Waals surface area (Å²) in [7, 11) is 0. The molecule has 0 saturated carbocycles. The molecule has 6 rings (SSSR count). The molecule has 0 spiro atoms. The van der Waals surface area contributed by atoms with Gasteiger partial charge in [0.2, 0.25) is 0 Å². The number of piperidine rings is 1. The highest BCUT2D eigenvalue weighted by molar-refractivity contribution is 6.00. The van der Waals surface area contributed by atoms with Gasteiger partial charge >= 0.3 is 5.97 Å². The summed E-state index contributed by atoms with van der Waals surface area (Å²) in [5, 5.41) is 11.7. The summed E-state index contributed by atoms with van der Waals surface area (Å²) in [4.78, 5) is 43.3. The second kappa shape index (κ2) is 13.9. The van der Waals surface area contributed by atoms with Gasteiger partial charge in [-0.1, -0.05) is 43.3 Å². The van der Waals surface area contributed by atoms with Crippen LogP contribution in [0.4, 0.5) is 17.5 Å². The molecule has 2 aliphatic rings. The number of anilines is 3. The first kappa shape index (κ1) is 32.2. The van der Waals surface area contributed by atoms with E-state index in [9.17, 15) is 9.59 Å². The van der Waals surface area contributed by atoms with Crippen LogP contribution in [0.15, 0.2) is 60.9 Å². The minimum atomic E-state index is -0.939. The zero-order valence-corrected chi connectivity index (χ0v) is 27.8. The van der Waals surface area contributed by atoms with E-state index in [4.69, 9.17) is 14.7 Å². The third kappa shape index (κ3) is 7.64. The van der Waals surface area contributed by atoms with Gasteiger partial charge in [0.1, 0.15) is 35.4 Å². The first-order valence-corrected chi connectivity index (χ1v) is 16.8. The molecule has 0 aliphatic carbocycles. The van der Waals surface area contributed by atoms with Gasteiger partial charge in [-0.2, -0.15) is 0 Å². The molecule has 1 atom stereocenters. The Balaban J connectivity index is 1.15. The van der Waals surface area contributed by atoms with Crippen LogP contribution in [-0.4, -0.2) is 64.7 Å². The quantitative estimate of drug-likeness (QED) is 0.194. The van der Waals surface area contributed by atoms with Gasteiger partial charge in [0.05, 0.1) is 0 Å². The summed E-state index contributed by atoms with van der Waals surface area (Å²) in [5.41, 5.74) is 3.22. The van der Waals surface area contributed by atoms with Crippen molar-refractivity contribution in [2.45, 2.75) is 77.4 Å². The maximum atomic E-state index is 13.4. The molecule has 0 radical (unpaired) electrons. The van der Waals surface area contributed by atoms with Crippen molar-refractivity contribution in [3.05, 3.63) is 83.3 Å². The van der Waals surface area contributed by atoms with E-state index in [2.05, 4.69) is 44.9 Å². The van der Waals surface area contributed by atoms with Crippen LogP contribution < -0.4 is 20.9 Å². The lowest BCUT2D eigenvalue weighted by molar-refractivity contribution is -0.156. The molecule has 10 nitrogen and oxygen atoms in total. The number of rotatable bonds is 9. The van der Waals surface area contributed by atoms with Crippen molar-refractivity contribution < 1.29 is 14.3 Å². The smallest absolute Gasteiger partial charge is 0.331 e. The van der Waals surface area contributed by atoms with Crippen molar-refractivity contribution in [1.82, 2.24) is 20.3 Å². The zero-order valence-electron chi connectivity index (χ0n) is 27.8. The Labute approximate surface area is 276 Å². The van der Waals surface area contributed by atoms with Gasteiger partial charge in [0.25, 0.3) is 5.91 Å². The van der Waals surface area contributed by atoms with E-state index < -0.39 is 17.6 Å². The minimum absolute atomic E-state index is 0.109. The summed E-state index contributed by atoms with van der Waals surface area (Å²) in [5.74, 6) is 2.15. The molecular weight excluding hydrogens is 590 g/mol. The summed E-state index contributed by atoms with van der Waals surface area (Å²) in [6.45, 7) is 10.3. The molecule has 2 aromatic heterocycles. The van der Waals surface area contributed by atoms with Crippen LogP contribution in [0.1, 0.15) is 80.1 Å². The van der Waals surface area contributed by atoms with E-state index in [0.717, 1.165) is 79.0 Å². The molecule has 3 N–H and O–H groups in total. The SMILES string of the molecule is CCc1c(NC[C@H](NC(=O)c2ccc3ccccc3c2)C(=O)OC(C)(C)C)ncnc1N1CCC(c2ccc3c(n2)NCCC3)CC1. The van der Waals surface area contributed by atoms with Crippen LogP contribution in [0, 0.1) is 0 Å². The van der Waals surface area contributed by atoms with E-state index in [1.807, 2.05) is 57.2 Å². The number of benzene rings is 2. The molecule has 0 bridgehead atoms. The monoisotopic (exact) mass is 635 g/mol. The molecule has 1 saturated heterocycles. The minimum Gasteiger partial charge on any atom is -0.458 e. The average molecular weight is 636 g/mol. The maximum absolute atomic E-state index is 13.4. The van der Waals surface area contributed by atoms with E-state index in [1.165, 1.54) is 5.56 Å². The fraction of sp³-hybridized carbons (Fsp3) is 0.432. The van der Waals surface area contributed by atoms with Crippen molar-refractivity contribution in [2.24, 2.45) is 0 Å². The number of nitrogens with zero attached hydrogens (tertiary/aromatic N) is 4. The van der Waals surface area contributed by atoms with Crippen LogP contribution in [0.3, 0.4) is 0 Å². The third-order valence-electron chi connectivity index (χ3n) is 8.89. The molecule has 4 heterocycles. The van der Waals surface area contributed by atoms with Crippen molar-refractivity contribution in [1.29, 1.82) is 0 Å². The van der Waals surface area contributed by atoms with Crippen molar-refractivity contribution in [3.8, 4) is 0 Å². The van der Waals surface area contributed by atoms with Crippen LogP contribution in [0.2, 0.25) is 0 Å². The molecule has 2 aliphatic heterocycles. The second-order valence-electron chi connectivity index (χ2n) is 13.4. The Morgan fingerprint density at radius 1 is 1.04 bits per heavy atom. The largest absolute Gasteiger partial charge is 0.458 e. The molecule has 246 valence electrons. The van der Waals surface area contributed by atoms with Crippen molar-refractivity contribution >= 4 is 40.1 Å². The van der Waals surface area contributed by atoms with Crippen LogP contribution in [0.25, 0.3) is 10.8 Å². The highest BCUT2D eigenvalue weighted by atomic mass is 16.6. The van der Waals surface area contributed by atoms with E-state index in [-0.39, 0.29) is 12.5 Å². The van der Waals surface area contributed by atoms with Gasteiger partial charge < -0.3 is 25.6 Å². The molecular formula is C37H45N7O3. The highest BCUT2D eigenvalue weighted by Crippen LogP contribution is 2.33. The van der Waals surface area contributed by atoms with Gasteiger partial charge in [-0.3, -0.25) is 4.79 Å². The number of nitrogens with one attached hydrogen (secondary N) is 3. The lowest BCUT2D eigenvalue weighted by Gasteiger charge is -2.34. The molecule has 10 heteroatoms. The van der Waals surface area contributed by atoms with Crippen LogP contribution in [0.5, 0.6) is 0 Å². The maximum Gasteiger partial charge on any atom is 0.331 e. The number of hydrogen-bond acceptors (Lipinski definition) is 9. The van der Waals surface area contributed by atoms with E-state index in [0.29, 0.717) is 23.7 Å². The van der Waals surface area contributed by atoms with Gasteiger partial charge in [-0.05, 0) is 87.4 Å². The first-order chi connectivity index (χ1) is 22.7.